The van der Waals surface area contributed by atoms with Gasteiger partial charge in [-0.2, -0.15) is 17.9 Å². The van der Waals surface area contributed by atoms with Crippen LogP contribution in [-0.4, -0.2) is 24.0 Å². The van der Waals surface area contributed by atoms with Gasteiger partial charge in [0, 0.05) is 31.5 Å². The number of hydrogen-bond acceptors (Lipinski definition) is 3. The molecule has 1 atom stereocenters. The zero-order valence-electron chi connectivity index (χ0n) is 13.7. The minimum Gasteiger partial charge on any atom is -0.336 e. The number of aromatic nitrogens is 2. The lowest BCUT2D eigenvalue weighted by atomic mass is 9.87. The summed E-state index contributed by atoms with van der Waals surface area (Å²) < 4.78 is 31.9. The molecule has 1 aromatic heterocycles. The largest absolute Gasteiger partial charge is 0.336 e. The molecule has 2 N–H and O–H groups in total. The highest BCUT2D eigenvalue weighted by molar-refractivity contribution is 7.87. The second kappa shape index (κ2) is 7.25. The highest BCUT2D eigenvalue weighted by Gasteiger charge is 2.29. The molecule has 0 radical (unpaired) electrons. The number of nitrogens with zero attached hydrogens (tertiary/aromatic N) is 2. The molecule has 2 rings (SSSR count). The number of imidazole rings is 1. The van der Waals surface area contributed by atoms with Gasteiger partial charge in [0.05, 0.1) is 6.33 Å². The first-order valence-electron chi connectivity index (χ1n) is 7.53. The van der Waals surface area contributed by atoms with Gasteiger partial charge in [0.15, 0.2) is 0 Å². The molecule has 7 heteroatoms. The molecular weight excluding hydrogens is 312 g/mol. The van der Waals surface area contributed by atoms with Crippen LogP contribution in [0.5, 0.6) is 0 Å². The van der Waals surface area contributed by atoms with E-state index in [-0.39, 0.29) is 18.0 Å². The summed E-state index contributed by atoms with van der Waals surface area (Å²) in [4.78, 5) is 4.00. The van der Waals surface area contributed by atoms with Crippen LogP contribution in [0.15, 0.2) is 49.1 Å². The topological polar surface area (TPSA) is 76.0 Å². The maximum Gasteiger partial charge on any atom is 0.277 e. The van der Waals surface area contributed by atoms with Crippen molar-refractivity contribution in [3.63, 3.8) is 0 Å². The van der Waals surface area contributed by atoms with Crippen LogP contribution in [0.2, 0.25) is 0 Å². The van der Waals surface area contributed by atoms with Crippen LogP contribution in [0.3, 0.4) is 0 Å². The smallest absolute Gasteiger partial charge is 0.277 e. The van der Waals surface area contributed by atoms with Crippen molar-refractivity contribution in [2.45, 2.75) is 39.9 Å². The monoisotopic (exact) mass is 336 g/mol. The number of nitrogens with one attached hydrogen (secondary N) is 2. The van der Waals surface area contributed by atoms with Crippen molar-refractivity contribution < 1.29 is 8.42 Å². The van der Waals surface area contributed by atoms with Gasteiger partial charge >= 0.3 is 0 Å². The lowest BCUT2D eigenvalue weighted by Crippen LogP contribution is -2.50. The molecule has 0 fully saturated rings. The minimum absolute atomic E-state index is 0.230. The van der Waals surface area contributed by atoms with Gasteiger partial charge in [0.2, 0.25) is 0 Å². The molecule has 1 heterocycles. The van der Waals surface area contributed by atoms with Crippen molar-refractivity contribution in [3.8, 4) is 0 Å². The molecule has 23 heavy (non-hydrogen) atoms. The fraction of sp³-hybridized carbons (Fsp3) is 0.438. The molecule has 126 valence electrons. The van der Waals surface area contributed by atoms with E-state index < -0.39 is 10.2 Å². The van der Waals surface area contributed by atoms with Gasteiger partial charge in [-0.1, -0.05) is 51.1 Å². The van der Waals surface area contributed by atoms with E-state index in [1.54, 1.807) is 12.5 Å². The summed E-state index contributed by atoms with van der Waals surface area (Å²) >= 11 is 0. The molecule has 1 aromatic carbocycles. The van der Waals surface area contributed by atoms with E-state index in [4.69, 9.17) is 0 Å². The van der Waals surface area contributed by atoms with Crippen LogP contribution in [0, 0.1) is 5.41 Å². The zero-order chi connectivity index (χ0) is 16.9. The van der Waals surface area contributed by atoms with Gasteiger partial charge in [0.25, 0.3) is 10.2 Å². The number of rotatable bonds is 7. The predicted octanol–water partition coefficient (Wildman–Crippen LogP) is 1.92. The molecule has 0 amide bonds. The van der Waals surface area contributed by atoms with E-state index >= 15 is 0 Å². The van der Waals surface area contributed by atoms with Crippen molar-refractivity contribution in [3.05, 3.63) is 54.6 Å². The van der Waals surface area contributed by atoms with E-state index in [1.807, 2.05) is 61.9 Å². The quantitative estimate of drug-likeness (QED) is 0.811. The van der Waals surface area contributed by atoms with Crippen molar-refractivity contribution in [2.75, 3.05) is 0 Å². The van der Waals surface area contributed by atoms with E-state index in [2.05, 4.69) is 14.4 Å². The standard InChI is InChI=1S/C16H24N4O2S/c1-16(2,3)15(12-20-10-9-17-13-20)19-23(21,22)18-11-14-7-5-4-6-8-14/h4-10,13,15,18-19H,11-12H2,1-3H3. The molecule has 0 saturated carbocycles. The fourth-order valence-electron chi connectivity index (χ4n) is 2.10. The Bertz CT molecular complexity index is 691. The molecule has 0 aliphatic rings. The van der Waals surface area contributed by atoms with E-state index in [0.29, 0.717) is 6.54 Å². The predicted molar refractivity (Wildman–Crippen MR) is 90.8 cm³/mol. The van der Waals surface area contributed by atoms with Crippen molar-refractivity contribution in [2.24, 2.45) is 5.41 Å². The van der Waals surface area contributed by atoms with Gasteiger partial charge in [-0.25, -0.2) is 4.98 Å². The minimum atomic E-state index is -3.60. The third-order valence-electron chi connectivity index (χ3n) is 3.60. The Morgan fingerprint density at radius 2 is 1.91 bits per heavy atom. The summed E-state index contributed by atoms with van der Waals surface area (Å²) in [5.74, 6) is 0. The average Bonchev–Trinajstić information content (AvgIpc) is 2.98. The third-order valence-corrected chi connectivity index (χ3v) is 4.72. The average molecular weight is 336 g/mol. The molecule has 0 aliphatic heterocycles. The lowest BCUT2D eigenvalue weighted by molar-refractivity contribution is 0.270. The third kappa shape index (κ3) is 5.78. The Balaban J connectivity index is 2.02. The van der Waals surface area contributed by atoms with E-state index in [0.717, 1.165) is 5.56 Å². The van der Waals surface area contributed by atoms with Crippen molar-refractivity contribution >= 4 is 10.2 Å². The maximum absolute atomic E-state index is 12.3. The normalized spacial score (nSPS) is 13.9. The zero-order valence-corrected chi connectivity index (χ0v) is 14.5. The SMILES string of the molecule is CC(C)(C)C(Cn1ccnc1)NS(=O)(=O)NCc1ccccc1. The summed E-state index contributed by atoms with van der Waals surface area (Å²) in [7, 11) is -3.60. The molecule has 0 spiro atoms. The first-order chi connectivity index (χ1) is 10.8. The Hall–Kier alpha value is -1.70. The molecule has 1 unspecified atom stereocenters. The van der Waals surface area contributed by atoms with Crippen LogP contribution in [0.4, 0.5) is 0 Å². The lowest BCUT2D eigenvalue weighted by Gasteiger charge is -2.31. The molecule has 6 nitrogen and oxygen atoms in total. The molecule has 0 aliphatic carbocycles. The molecule has 2 aromatic rings. The Kier molecular flexibility index (Phi) is 5.56. The van der Waals surface area contributed by atoms with Crippen LogP contribution in [0.25, 0.3) is 0 Å². The van der Waals surface area contributed by atoms with Crippen LogP contribution in [-0.2, 0) is 23.3 Å². The summed E-state index contributed by atoms with van der Waals surface area (Å²) in [5, 5.41) is 0. The van der Waals surface area contributed by atoms with E-state index in [1.165, 1.54) is 0 Å². The molecule has 0 bridgehead atoms. The van der Waals surface area contributed by atoms with Crippen LogP contribution >= 0.6 is 0 Å². The van der Waals surface area contributed by atoms with Gasteiger partial charge in [0.1, 0.15) is 0 Å². The van der Waals surface area contributed by atoms with Gasteiger partial charge < -0.3 is 4.57 Å². The number of benzene rings is 1. The van der Waals surface area contributed by atoms with Crippen LogP contribution in [0.1, 0.15) is 26.3 Å². The van der Waals surface area contributed by atoms with E-state index in [9.17, 15) is 8.42 Å². The number of hydrogen-bond donors (Lipinski definition) is 2. The summed E-state index contributed by atoms with van der Waals surface area (Å²) in [6.07, 6.45) is 5.19. The highest BCUT2D eigenvalue weighted by Crippen LogP contribution is 2.21. The summed E-state index contributed by atoms with van der Waals surface area (Å²) in [5.41, 5.74) is 0.686. The molecular formula is C16H24N4O2S. The second-order valence-electron chi connectivity index (χ2n) is 6.61. The Morgan fingerprint density at radius 3 is 2.48 bits per heavy atom. The van der Waals surface area contributed by atoms with Crippen molar-refractivity contribution in [1.82, 2.24) is 19.0 Å². The van der Waals surface area contributed by atoms with Crippen molar-refractivity contribution in [1.29, 1.82) is 0 Å². The maximum atomic E-state index is 12.3. The van der Waals surface area contributed by atoms with Gasteiger partial charge in [-0.3, -0.25) is 0 Å². The first kappa shape index (κ1) is 17.7. The molecule has 0 saturated heterocycles. The first-order valence-corrected chi connectivity index (χ1v) is 9.01. The fourth-order valence-corrected chi connectivity index (χ4v) is 3.34. The van der Waals surface area contributed by atoms with Gasteiger partial charge in [-0.05, 0) is 11.0 Å². The summed E-state index contributed by atoms with van der Waals surface area (Å²) in [6.45, 7) is 6.81. The van der Waals surface area contributed by atoms with Crippen LogP contribution < -0.4 is 9.44 Å². The van der Waals surface area contributed by atoms with Gasteiger partial charge in [-0.15, -0.1) is 0 Å². The second-order valence-corrected chi connectivity index (χ2v) is 8.14. The highest BCUT2D eigenvalue weighted by atomic mass is 32.2. The Labute approximate surface area is 138 Å². The summed E-state index contributed by atoms with van der Waals surface area (Å²) in [6, 6.07) is 9.17. The Morgan fingerprint density at radius 1 is 1.22 bits per heavy atom.